The van der Waals surface area contributed by atoms with Crippen molar-refractivity contribution in [3.63, 3.8) is 0 Å². The van der Waals surface area contributed by atoms with Crippen LogP contribution >= 0.6 is 15.9 Å². The van der Waals surface area contributed by atoms with Crippen LogP contribution in [0, 0.1) is 11.8 Å². The van der Waals surface area contributed by atoms with E-state index >= 15 is 0 Å². The first kappa shape index (κ1) is 13.3. The largest absolute Gasteiger partial charge is 0.298 e. The zero-order chi connectivity index (χ0) is 13.2. The number of halogens is 1. The van der Waals surface area contributed by atoms with Gasteiger partial charge in [0.25, 0.3) is 0 Å². The number of ketones is 1. The summed E-state index contributed by atoms with van der Waals surface area (Å²) in [7, 11) is 0. The number of rotatable bonds is 3. The highest BCUT2D eigenvalue weighted by molar-refractivity contribution is 9.09. The maximum Gasteiger partial charge on any atom is 0.153 e. The fraction of sp³-hybridized carbons (Fsp3) is 0.533. The number of Topliss-reactive ketones (excluding diaryl/α,β-unsaturated/α-hetero) is 1. The van der Waals surface area contributed by atoms with E-state index in [1.54, 1.807) is 0 Å². The second-order valence-corrected chi connectivity index (χ2v) is 6.49. The van der Waals surface area contributed by atoms with Crippen molar-refractivity contribution in [3.8, 4) is 0 Å². The summed E-state index contributed by atoms with van der Waals surface area (Å²) >= 11 is 3.58. The lowest BCUT2D eigenvalue weighted by Crippen LogP contribution is -2.37. The first-order chi connectivity index (χ1) is 9.25. The smallest absolute Gasteiger partial charge is 0.153 e. The van der Waals surface area contributed by atoms with Crippen LogP contribution in [0.1, 0.15) is 29.7 Å². The molecule has 0 aromatic heterocycles. The lowest BCUT2D eigenvalue weighted by atomic mass is 9.76. The van der Waals surface area contributed by atoms with Crippen LogP contribution < -0.4 is 10.9 Å². The fourth-order valence-electron chi connectivity index (χ4n) is 3.25. The molecule has 3 rings (SSSR count). The number of benzene rings is 1. The van der Waals surface area contributed by atoms with Gasteiger partial charge in [-0.25, -0.2) is 0 Å². The molecular weight excluding hydrogens is 304 g/mol. The third kappa shape index (κ3) is 2.76. The van der Waals surface area contributed by atoms with Crippen molar-refractivity contribution in [1.82, 2.24) is 10.9 Å². The summed E-state index contributed by atoms with van der Waals surface area (Å²) in [6.45, 7) is 0.993. The van der Waals surface area contributed by atoms with Gasteiger partial charge in [-0.15, -0.1) is 0 Å². The molecule has 19 heavy (non-hydrogen) atoms. The van der Waals surface area contributed by atoms with Gasteiger partial charge in [0.05, 0.1) is 4.83 Å². The molecule has 1 heterocycles. The highest BCUT2D eigenvalue weighted by atomic mass is 79.9. The van der Waals surface area contributed by atoms with Crippen molar-refractivity contribution < 1.29 is 4.79 Å². The van der Waals surface area contributed by atoms with Crippen LogP contribution in [0.5, 0.6) is 0 Å². The first-order valence-electron chi connectivity index (χ1n) is 6.97. The Hall–Kier alpha value is -0.710. The van der Waals surface area contributed by atoms with Crippen LogP contribution in [-0.4, -0.2) is 18.4 Å². The van der Waals surface area contributed by atoms with Gasteiger partial charge in [-0.1, -0.05) is 46.3 Å². The van der Waals surface area contributed by atoms with Crippen LogP contribution in [0.15, 0.2) is 30.3 Å². The van der Waals surface area contributed by atoms with Crippen LogP contribution in [0.2, 0.25) is 0 Å². The number of carbonyl (C=O) groups excluding carboxylic acids is 1. The number of carbonyl (C=O) groups is 1. The number of hydrogen-bond acceptors (Lipinski definition) is 3. The standard InChI is InChI=1S/C15H19BrN2O/c16-14(10-4-2-1-3-5-10)15(19)11-6-7-13-12(8-11)9-17-18-13/h1-5,11-14,17-18H,6-9H2. The molecule has 1 aromatic carbocycles. The van der Waals surface area contributed by atoms with E-state index in [2.05, 4.69) is 26.8 Å². The molecule has 4 atom stereocenters. The lowest BCUT2D eigenvalue weighted by molar-refractivity contribution is -0.123. The Labute approximate surface area is 122 Å². The Kier molecular flexibility index (Phi) is 4.01. The highest BCUT2D eigenvalue weighted by Crippen LogP contribution is 2.36. The molecule has 1 saturated heterocycles. The number of hydrogen-bond donors (Lipinski definition) is 2. The molecule has 2 aliphatic rings. The van der Waals surface area contributed by atoms with Crippen molar-refractivity contribution in [2.24, 2.45) is 11.8 Å². The Morgan fingerprint density at radius 1 is 1.26 bits per heavy atom. The van der Waals surface area contributed by atoms with E-state index in [0.29, 0.717) is 17.7 Å². The predicted molar refractivity (Wildman–Crippen MR) is 78.9 cm³/mol. The van der Waals surface area contributed by atoms with E-state index < -0.39 is 0 Å². The van der Waals surface area contributed by atoms with Gasteiger partial charge in [0.1, 0.15) is 0 Å². The molecule has 1 aliphatic carbocycles. The van der Waals surface area contributed by atoms with Gasteiger partial charge in [0.2, 0.25) is 0 Å². The minimum Gasteiger partial charge on any atom is -0.298 e. The third-order valence-corrected chi connectivity index (χ3v) is 5.36. The van der Waals surface area contributed by atoms with Gasteiger partial charge < -0.3 is 0 Å². The molecule has 2 N–H and O–H groups in total. The molecule has 1 aliphatic heterocycles. The molecule has 0 bridgehead atoms. The molecule has 3 nitrogen and oxygen atoms in total. The Morgan fingerprint density at radius 3 is 2.84 bits per heavy atom. The number of hydrazine groups is 1. The van der Waals surface area contributed by atoms with Crippen molar-refractivity contribution in [2.45, 2.75) is 30.1 Å². The molecule has 0 amide bonds. The summed E-state index contributed by atoms with van der Waals surface area (Å²) < 4.78 is 0. The van der Waals surface area contributed by atoms with E-state index in [1.807, 2.05) is 30.3 Å². The van der Waals surface area contributed by atoms with E-state index in [9.17, 15) is 4.79 Å². The van der Waals surface area contributed by atoms with Gasteiger partial charge in [-0.05, 0) is 30.7 Å². The molecule has 0 radical (unpaired) electrons. The Balaban J connectivity index is 1.67. The topological polar surface area (TPSA) is 41.1 Å². The molecular formula is C15H19BrN2O. The summed E-state index contributed by atoms with van der Waals surface area (Å²) in [5.74, 6) is 1.15. The number of nitrogens with one attached hydrogen (secondary N) is 2. The monoisotopic (exact) mass is 322 g/mol. The summed E-state index contributed by atoms with van der Waals surface area (Å²) in [5.41, 5.74) is 7.58. The minimum absolute atomic E-state index is 0.155. The molecule has 2 fully saturated rings. The maximum atomic E-state index is 12.6. The zero-order valence-corrected chi connectivity index (χ0v) is 12.4. The van der Waals surface area contributed by atoms with E-state index in [0.717, 1.165) is 31.4 Å². The third-order valence-electron chi connectivity index (χ3n) is 4.38. The minimum atomic E-state index is -0.155. The number of fused-ring (bicyclic) bond motifs is 1. The van der Waals surface area contributed by atoms with Crippen molar-refractivity contribution in [3.05, 3.63) is 35.9 Å². The van der Waals surface area contributed by atoms with Crippen LogP contribution in [0.4, 0.5) is 0 Å². The van der Waals surface area contributed by atoms with Crippen LogP contribution in [0.25, 0.3) is 0 Å². The average Bonchev–Trinajstić information content (AvgIpc) is 2.94. The van der Waals surface area contributed by atoms with Crippen molar-refractivity contribution in [1.29, 1.82) is 0 Å². The molecule has 4 unspecified atom stereocenters. The predicted octanol–water partition coefficient (Wildman–Crippen LogP) is 2.58. The Bertz CT molecular complexity index is 451. The average molecular weight is 323 g/mol. The molecule has 0 spiro atoms. The summed E-state index contributed by atoms with van der Waals surface area (Å²) in [4.78, 5) is 12.4. The molecule has 1 aromatic rings. The molecule has 4 heteroatoms. The van der Waals surface area contributed by atoms with Crippen LogP contribution in [-0.2, 0) is 4.79 Å². The van der Waals surface area contributed by atoms with Crippen molar-refractivity contribution in [2.75, 3.05) is 6.54 Å². The highest BCUT2D eigenvalue weighted by Gasteiger charge is 2.38. The van der Waals surface area contributed by atoms with Gasteiger partial charge in [0.15, 0.2) is 5.78 Å². The van der Waals surface area contributed by atoms with Gasteiger partial charge in [-0.2, -0.15) is 0 Å². The summed E-state index contributed by atoms with van der Waals surface area (Å²) in [5, 5.41) is 0. The van der Waals surface area contributed by atoms with Gasteiger partial charge in [-0.3, -0.25) is 15.6 Å². The zero-order valence-electron chi connectivity index (χ0n) is 10.8. The number of alkyl halides is 1. The fourth-order valence-corrected chi connectivity index (χ4v) is 3.93. The quantitative estimate of drug-likeness (QED) is 0.840. The second-order valence-electron chi connectivity index (χ2n) is 5.58. The summed E-state index contributed by atoms with van der Waals surface area (Å²) in [6, 6.07) is 10.5. The second kappa shape index (κ2) is 5.73. The van der Waals surface area contributed by atoms with E-state index in [4.69, 9.17) is 0 Å². The molecule has 1 saturated carbocycles. The first-order valence-corrected chi connectivity index (χ1v) is 7.88. The van der Waals surface area contributed by atoms with Crippen molar-refractivity contribution >= 4 is 21.7 Å². The maximum absolute atomic E-state index is 12.6. The van der Waals surface area contributed by atoms with Crippen LogP contribution in [0.3, 0.4) is 0 Å². The Morgan fingerprint density at radius 2 is 2.05 bits per heavy atom. The lowest BCUT2D eigenvalue weighted by Gasteiger charge is -2.31. The normalized spacial score (nSPS) is 31.7. The van der Waals surface area contributed by atoms with Gasteiger partial charge >= 0.3 is 0 Å². The van der Waals surface area contributed by atoms with E-state index in [-0.39, 0.29) is 10.7 Å². The van der Waals surface area contributed by atoms with E-state index in [1.165, 1.54) is 0 Å². The molecule has 102 valence electrons. The SMILES string of the molecule is O=C(C1CCC2NNCC2C1)C(Br)c1ccccc1. The summed E-state index contributed by atoms with van der Waals surface area (Å²) in [6.07, 6.45) is 3.12. The van der Waals surface area contributed by atoms with Gasteiger partial charge in [0, 0.05) is 18.5 Å².